The minimum Gasteiger partial charge on any atom is -0.442 e. The van der Waals surface area contributed by atoms with Gasteiger partial charge in [0, 0.05) is 30.1 Å². The van der Waals surface area contributed by atoms with Crippen LogP contribution in [0.4, 0.5) is 10.7 Å². The summed E-state index contributed by atoms with van der Waals surface area (Å²) in [7, 11) is 1.71. The van der Waals surface area contributed by atoms with E-state index in [-0.39, 0.29) is 6.54 Å². The molecule has 8 heteroatoms. The summed E-state index contributed by atoms with van der Waals surface area (Å²) in [5, 5.41) is 2.97. The number of carbonyl (C=O) groups is 1. The van der Waals surface area contributed by atoms with Crippen LogP contribution in [0.15, 0.2) is 41.3 Å². The number of aromatic nitrogens is 3. The van der Waals surface area contributed by atoms with E-state index in [0.29, 0.717) is 11.6 Å². The molecule has 128 valence electrons. The van der Waals surface area contributed by atoms with E-state index >= 15 is 0 Å². The lowest BCUT2D eigenvalue weighted by Gasteiger charge is -2.33. The fraction of sp³-hybridized carbons (Fsp3) is 0.375. The molecule has 0 aliphatic rings. The van der Waals surface area contributed by atoms with Crippen LogP contribution in [0, 0.1) is 0 Å². The minimum atomic E-state index is -0.610. The van der Waals surface area contributed by atoms with Gasteiger partial charge in [-0.1, -0.05) is 0 Å². The average Bonchev–Trinajstić information content (AvgIpc) is 2.53. The third-order valence-corrected chi connectivity index (χ3v) is 3.38. The first-order valence-electron chi connectivity index (χ1n) is 7.38. The molecule has 0 radical (unpaired) electrons. The Balaban J connectivity index is 2.26. The summed E-state index contributed by atoms with van der Waals surface area (Å²) >= 11 is 3.35. The highest BCUT2D eigenvalue weighted by Gasteiger charge is 2.27. The summed E-state index contributed by atoms with van der Waals surface area (Å²) in [6.45, 7) is 5.69. The van der Waals surface area contributed by atoms with Crippen LogP contribution in [0.25, 0.3) is 0 Å². The van der Waals surface area contributed by atoms with E-state index in [9.17, 15) is 4.79 Å². The van der Waals surface area contributed by atoms with E-state index in [4.69, 9.17) is 4.74 Å². The van der Waals surface area contributed by atoms with Crippen molar-refractivity contribution in [2.45, 2.75) is 32.9 Å². The molecule has 0 aliphatic heterocycles. The Labute approximate surface area is 149 Å². The number of amides is 1. The van der Waals surface area contributed by atoms with E-state index in [0.717, 1.165) is 4.47 Å². The Bertz CT molecular complexity index is 673. The maximum atomic E-state index is 12.6. The van der Waals surface area contributed by atoms with Crippen LogP contribution in [0.2, 0.25) is 0 Å². The highest BCUT2D eigenvalue weighted by molar-refractivity contribution is 9.10. The van der Waals surface area contributed by atoms with Gasteiger partial charge in [-0.05, 0) is 54.9 Å². The number of halogens is 1. The van der Waals surface area contributed by atoms with Gasteiger partial charge >= 0.3 is 6.09 Å². The van der Waals surface area contributed by atoms with Crippen LogP contribution in [-0.2, 0) is 11.3 Å². The largest absolute Gasteiger partial charge is 0.442 e. The molecule has 24 heavy (non-hydrogen) atoms. The van der Waals surface area contributed by atoms with Crippen LogP contribution in [0.3, 0.4) is 0 Å². The summed E-state index contributed by atoms with van der Waals surface area (Å²) in [6.07, 6.45) is 4.41. The number of pyridine rings is 1. The second kappa shape index (κ2) is 7.57. The van der Waals surface area contributed by atoms with E-state index in [1.807, 2.05) is 32.9 Å². The fourth-order valence-electron chi connectivity index (χ4n) is 1.83. The van der Waals surface area contributed by atoms with E-state index in [1.165, 1.54) is 5.01 Å². The quantitative estimate of drug-likeness (QED) is 0.740. The molecule has 1 amide bonds. The monoisotopic (exact) mass is 393 g/mol. The summed E-state index contributed by atoms with van der Waals surface area (Å²) in [5.41, 5.74) is 0.104. The van der Waals surface area contributed by atoms with Crippen LogP contribution < -0.4 is 5.01 Å². The lowest BCUT2D eigenvalue weighted by atomic mass is 10.2. The standard InChI is InChI=1S/C16H20BrN5O2/c1-16(2,3)24-15(23)22(11-13-7-6-12(17)10-20-13)21(4)14-18-8-5-9-19-14/h5-10H,11H2,1-4H3. The van der Waals surface area contributed by atoms with Crippen molar-refractivity contribution in [3.05, 3.63) is 47.0 Å². The molecule has 2 aromatic rings. The van der Waals surface area contributed by atoms with Gasteiger partial charge in [0.05, 0.1) is 12.2 Å². The fourth-order valence-corrected chi connectivity index (χ4v) is 2.06. The van der Waals surface area contributed by atoms with Gasteiger partial charge in [0.2, 0.25) is 5.95 Å². The number of hydrogen-bond donors (Lipinski definition) is 0. The molecule has 0 saturated carbocycles. The van der Waals surface area contributed by atoms with Crippen LogP contribution in [0.1, 0.15) is 26.5 Å². The van der Waals surface area contributed by atoms with Gasteiger partial charge in [-0.3, -0.25) is 4.98 Å². The molecule has 0 N–H and O–H groups in total. The first-order chi connectivity index (χ1) is 11.3. The zero-order chi connectivity index (χ0) is 17.7. The number of hydrogen-bond acceptors (Lipinski definition) is 6. The Morgan fingerprint density at radius 1 is 1.21 bits per heavy atom. The van der Waals surface area contributed by atoms with Crippen LogP contribution in [0.5, 0.6) is 0 Å². The summed E-state index contributed by atoms with van der Waals surface area (Å²) in [5.74, 6) is 0.389. The Hall–Kier alpha value is -2.22. The highest BCUT2D eigenvalue weighted by Crippen LogP contribution is 2.17. The average molecular weight is 394 g/mol. The number of ether oxygens (including phenoxy) is 1. The molecule has 2 rings (SSSR count). The van der Waals surface area contributed by atoms with Crippen LogP contribution >= 0.6 is 15.9 Å². The molecule has 0 fully saturated rings. The highest BCUT2D eigenvalue weighted by atomic mass is 79.9. The van der Waals surface area contributed by atoms with Crippen LogP contribution in [-0.4, -0.2) is 38.7 Å². The summed E-state index contributed by atoms with van der Waals surface area (Å²) < 4.78 is 6.36. The normalized spacial score (nSPS) is 11.0. The second-order valence-electron chi connectivity index (χ2n) is 6.08. The molecular formula is C16H20BrN5O2. The third-order valence-electron chi connectivity index (χ3n) is 2.91. The van der Waals surface area contributed by atoms with Crippen molar-refractivity contribution in [3.8, 4) is 0 Å². The summed E-state index contributed by atoms with van der Waals surface area (Å²) in [4.78, 5) is 25.3. The van der Waals surface area contributed by atoms with E-state index in [1.54, 1.807) is 36.7 Å². The third kappa shape index (κ3) is 5.16. The molecule has 0 atom stereocenters. The second-order valence-corrected chi connectivity index (χ2v) is 6.99. The van der Waals surface area contributed by atoms with Crippen molar-refractivity contribution in [1.82, 2.24) is 20.0 Å². The van der Waals surface area contributed by atoms with Gasteiger partial charge in [-0.25, -0.2) is 24.8 Å². The van der Waals surface area contributed by atoms with Crippen molar-refractivity contribution in [2.75, 3.05) is 12.1 Å². The molecule has 0 unspecified atom stereocenters. The lowest BCUT2D eigenvalue weighted by molar-refractivity contribution is 0.0214. The number of rotatable bonds is 4. The van der Waals surface area contributed by atoms with Gasteiger partial charge in [-0.2, -0.15) is 0 Å². The zero-order valence-electron chi connectivity index (χ0n) is 14.1. The Kier molecular flexibility index (Phi) is 5.71. The molecule has 2 heterocycles. The molecule has 0 saturated heterocycles. The molecule has 0 spiro atoms. The molecule has 7 nitrogen and oxygen atoms in total. The van der Waals surface area contributed by atoms with Crippen molar-refractivity contribution in [3.63, 3.8) is 0 Å². The van der Waals surface area contributed by atoms with Gasteiger partial charge < -0.3 is 4.74 Å². The first-order valence-corrected chi connectivity index (χ1v) is 8.17. The molecule has 0 bridgehead atoms. The van der Waals surface area contributed by atoms with Crippen molar-refractivity contribution >= 4 is 28.0 Å². The molecular weight excluding hydrogens is 374 g/mol. The smallest absolute Gasteiger partial charge is 0.429 e. The number of carbonyl (C=O) groups excluding carboxylic acids is 1. The number of anilines is 1. The van der Waals surface area contributed by atoms with Crippen molar-refractivity contribution in [2.24, 2.45) is 0 Å². The molecule has 0 aromatic carbocycles. The molecule has 0 aliphatic carbocycles. The van der Waals surface area contributed by atoms with E-state index in [2.05, 4.69) is 30.9 Å². The Morgan fingerprint density at radius 2 is 1.88 bits per heavy atom. The maximum Gasteiger partial charge on any atom is 0.429 e. The van der Waals surface area contributed by atoms with Gasteiger partial charge in [0.25, 0.3) is 0 Å². The lowest BCUT2D eigenvalue weighted by Crippen LogP contribution is -2.47. The predicted octanol–water partition coefficient (Wildman–Crippen LogP) is 3.42. The van der Waals surface area contributed by atoms with Gasteiger partial charge in [-0.15, -0.1) is 0 Å². The Morgan fingerprint density at radius 3 is 2.42 bits per heavy atom. The van der Waals surface area contributed by atoms with E-state index < -0.39 is 11.7 Å². The van der Waals surface area contributed by atoms with Crippen molar-refractivity contribution in [1.29, 1.82) is 0 Å². The predicted molar refractivity (Wildman–Crippen MR) is 94.1 cm³/mol. The van der Waals surface area contributed by atoms with Gasteiger partial charge in [0.15, 0.2) is 0 Å². The zero-order valence-corrected chi connectivity index (χ0v) is 15.7. The van der Waals surface area contributed by atoms with Crippen molar-refractivity contribution < 1.29 is 9.53 Å². The number of hydrazine groups is 1. The minimum absolute atomic E-state index is 0.233. The maximum absolute atomic E-state index is 12.6. The SMILES string of the molecule is CN(c1ncccn1)N(Cc1ccc(Br)cn1)C(=O)OC(C)(C)C. The first kappa shape index (κ1) is 18.1. The number of nitrogens with zero attached hydrogens (tertiary/aromatic N) is 5. The van der Waals surface area contributed by atoms with Gasteiger partial charge in [0.1, 0.15) is 5.60 Å². The topological polar surface area (TPSA) is 71.5 Å². The molecule has 2 aromatic heterocycles. The summed E-state index contributed by atoms with van der Waals surface area (Å²) in [6, 6.07) is 5.42.